The highest BCUT2D eigenvalue weighted by Gasteiger charge is 2.17. The Morgan fingerprint density at radius 1 is 1.26 bits per heavy atom. The first-order valence-electron chi connectivity index (χ1n) is 7.44. The molecule has 1 N–H and O–H groups in total. The SMILES string of the molecule is COC(=O)c1ccc(NC=C(C#N)C#N)c(N2CCCCC2)c1. The predicted molar refractivity (Wildman–Crippen MR) is 86.8 cm³/mol. The molecule has 6 heteroatoms. The molecule has 0 saturated carbocycles. The lowest BCUT2D eigenvalue weighted by molar-refractivity contribution is 0.0601. The first kappa shape index (κ1) is 16.4. The number of piperidine rings is 1. The molecule has 0 atom stereocenters. The summed E-state index contributed by atoms with van der Waals surface area (Å²) in [7, 11) is 1.35. The lowest BCUT2D eigenvalue weighted by Gasteiger charge is -2.30. The van der Waals surface area contributed by atoms with Gasteiger partial charge in [-0.3, -0.25) is 0 Å². The molecular formula is C17H18N4O2. The Kier molecular flexibility index (Phi) is 5.60. The number of nitriles is 2. The number of methoxy groups -OCH3 is 1. The summed E-state index contributed by atoms with van der Waals surface area (Å²) >= 11 is 0. The molecule has 0 spiro atoms. The van der Waals surface area contributed by atoms with Gasteiger partial charge in [-0.05, 0) is 37.5 Å². The van der Waals surface area contributed by atoms with Crippen molar-refractivity contribution in [2.24, 2.45) is 0 Å². The zero-order valence-corrected chi connectivity index (χ0v) is 13.0. The summed E-state index contributed by atoms with van der Waals surface area (Å²) in [4.78, 5) is 14.0. The fourth-order valence-corrected chi connectivity index (χ4v) is 2.53. The normalized spacial score (nSPS) is 13.4. The Morgan fingerprint density at radius 3 is 2.57 bits per heavy atom. The van der Waals surface area contributed by atoms with E-state index in [2.05, 4.69) is 10.2 Å². The highest BCUT2D eigenvalue weighted by atomic mass is 16.5. The van der Waals surface area contributed by atoms with Gasteiger partial charge in [0.15, 0.2) is 0 Å². The second kappa shape index (κ2) is 7.86. The summed E-state index contributed by atoms with van der Waals surface area (Å²) in [5, 5.41) is 20.6. The van der Waals surface area contributed by atoms with Crippen molar-refractivity contribution < 1.29 is 9.53 Å². The van der Waals surface area contributed by atoms with Crippen LogP contribution in [0.1, 0.15) is 29.6 Å². The van der Waals surface area contributed by atoms with Gasteiger partial charge in [-0.1, -0.05) is 0 Å². The molecule has 1 heterocycles. The number of nitrogens with zero attached hydrogens (tertiary/aromatic N) is 3. The van der Waals surface area contributed by atoms with Gasteiger partial charge >= 0.3 is 5.97 Å². The van der Waals surface area contributed by atoms with E-state index in [1.165, 1.54) is 19.7 Å². The molecule has 118 valence electrons. The third-order valence-electron chi connectivity index (χ3n) is 3.73. The summed E-state index contributed by atoms with van der Waals surface area (Å²) in [6, 6.07) is 8.83. The molecule has 0 bridgehead atoms. The van der Waals surface area contributed by atoms with Gasteiger partial charge in [-0.25, -0.2) is 4.79 Å². The molecule has 1 saturated heterocycles. The maximum atomic E-state index is 11.8. The van der Waals surface area contributed by atoms with Gasteiger partial charge in [0.25, 0.3) is 0 Å². The first-order chi connectivity index (χ1) is 11.2. The van der Waals surface area contributed by atoms with Crippen LogP contribution in [0.15, 0.2) is 30.0 Å². The largest absolute Gasteiger partial charge is 0.465 e. The average molecular weight is 310 g/mol. The van der Waals surface area contributed by atoms with E-state index in [0.29, 0.717) is 5.56 Å². The van der Waals surface area contributed by atoms with E-state index in [4.69, 9.17) is 15.3 Å². The van der Waals surface area contributed by atoms with Crippen LogP contribution in [0, 0.1) is 22.7 Å². The van der Waals surface area contributed by atoms with Gasteiger partial charge in [0, 0.05) is 19.3 Å². The molecular weight excluding hydrogens is 292 g/mol. The number of hydrogen-bond donors (Lipinski definition) is 1. The number of carbonyl (C=O) groups excluding carboxylic acids is 1. The second-order valence-electron chi connectivity index (χ2n) is 5.20. The molecule has 6 nitrogen and oxygen atoms in total. The van der Waals surface area contributed by atoms with Gasteiger partial charge in [0.2, 0.25) is 0 Å². The van der Waals surface area contributed by atoms with Crippen LogP contribution in [-0.2, 0) is 4.74 Å². The van der Waals surface area contributed by atoms with E-state index in [1.54, 1.807) is 18.2 Å². The monoisotopic (exact) mass is 310 g/mol. The number of hydrogen-bond acceptors (Lipinski definition) is 6. The van der Waals surface area contributed by atoms with Gasteiger partial charge < -0.3 is 15.0 Å². The molecule has 1 aromatic rings. The van der Waals surface area contributed by atoms with E-state index < -0.39 is 0 Å². The van der Waals surface area contributed by atoms with Crippen LogP contribution in [0.5, 0.6) is 0 Å². The van der Waals surface area contributed by atoms with Crippen LogP contribution in [0.2, 0.25) is 0 Å². The first-order valence-corrected chi connectivity index (χ1v) is 7.44. The van der Waals surface area contributed by atoms with E-state index in [9.17, 15) is 4.79 Å². The Balaban J connectivity index is 2.36. The maximum absolute atomic E-state index is 11.8. The summed E-state index contributed by atoms with van der Waals surface area (Å²) < 4.78 is 4.78. The standard InChI is InChI=1S/C17H18N4O2/c1-23-17(22)14-5-6-15(20-12-13(10-18)11-19)16(9-14)21-7-3-2-4-8-21/h5-6,9,12,20H,2-4,7-8H2,1H3. The zero-order chi connectivity index (χ0) is 16.7. The molecule has 1 aliphatic rings. The highest BCUT2D eigenvalue weighted by Crippen LogP contribution is 2.30. The fraction of sp³-hybridized carbons (Fsp3) is 0.353. The van der Waals surface area contributed by atoms with Crippen molar-refractivity contribution in [2.75, 3.05) is 30.4 Å². The Hall–Kier alpha value is -2.99. The second-order valence-corrected chi connectivity index (χ2v) is 5.20. The van der Waals surface area contributed by atoms with E-state index >= 15 is 0 Å². The third kappa shape index (κ3) is 4.02. The minimum absolute atomic E-state index is 0.00774. The Bertz CT molecular complexity index is 676. The minimum Gasteiger partial charge on any atom is -0.465 e. The van der Waals surface area contributed by atoms with Gasteiger partial charge in [0.05, 0.1) is 24.0 Å². The highest BCUT2D eigenvalue weighted by molar-refractivity contribution is 5.92. The van der Waals surface area contributed by atoms with Crippen LogP contribution in [-0.4, -0.2) is 26.2 Å². The van der Waals surface area contributed by atoms with E-state index in [1.807, 2.05) is 12.1 Å². The molecule has 23 heavy (non-hydrogen) atoms. The number of allylic oxidation sites excluding steroid dienone is 1. The van der Waals surface area contributed by atoms with Crippen molar-refractivity contribution in [3.8, 4) is 12.1 Å². The van der Waals surface area contributed by atoms with Crippen LogP contribution in [0.3, 0.4) is 0 Å². The minimum atomic E-state index is -0.389. The van der Waals surface area contributed by atoms with Crippen molar-refractivity contribution >= 4 is 17.3 Å². The van der Waals surface area contributed by atoms with Crippen molar-refractivity contribution in [1.29, 1.82) is 10.5 Å². The number of benzene rings is 1. The molecule has 1 aromatic carbocycles. The number of carbonyl (C=O) groups is 1. The summed E-state index contributed by atoms with van der Waals surface area (Å²) in [5.74, 6) is -0.389. The van der Waals surface area contributed by atoms with E-state index in [0.717, 1.165) is 37.3 Å². The number of rotatable bonds is 4. The number of nitrogens with one attached hydrogen (secondary N) is 1. The van der Waals surface area contributed by atoms with Crippen molar-refractivity contribution in [1.82, 2.24) is 0 Å². The molecule has 1 aliphatic heterocycles. The van der Waals surface area contributed by atoms with Gasteiger partial charge in [-0.2, -0.15) is 10.5 Å². The molecule has 1 fully saturated rings. The fourth-order valence-electron chi connectivity index (χ4n) is 2.53. The molecule has 0 radical (unpaired) electrons. The molecule has 2 rings (SSSR count). The van der Waals surface area contributed by atoms with Crippen LogP contribution < -0.4 is 10.2 Å². The number of esters is 1. The topological polar surface area (TPSA) is 89.1 Å². The maximum Gasteiger partial charge on any atom is 0.337 e. The quantitative estimate of drug-likeness (QED) is 0.679. The van der Waals surface area contributed by atoms with Crippen molar-refractivity contribution in [3.63, 3.8) is 0 Å². The number of anilines is 2. The lowest BCUT2D eigenvalue weighted by Crippen LogP contribution is -2.30. The molecule has 0 amide bonds. The molecule has 0 unspecified atom stereocenters. The van der Waals surface area contributed by atoms with Gasteiger partial charge in [0.1, 0.15) is 17.7 Å². The third-order valence-corrected chi connectivity index (χ3v) is 3.73. The average Bonchev–Trinajstić information content (AvgIpc) is 2.62. The van der Waals surface area contributed by atoms with Crippen molar-refractivity contribution in [3.05, 3.63) is 35.5 Å². The van der Waals surface area contributed by atoms with Gasteiger partial charge in [-0.15, -0.1) is 0 Å². The smallest absolute Gasteiger partial charge is 0.337 e. The zero-order valence-electron chi connectivity index (χ0n) is 13.0. The summed E-state index contributed by atoms with van der Waals surface area (Å²) in [6.45, 7) is 1.82. The molecule has 0 aliphatic carbocycles. The summed E-state index contributed by atoms with van der Waals surface area (Å²) in [5.41, 5.74) is 2.09. The predicted octanol–water partition coefficient (Wildman–Crippen LogP) is 2.81. The van der Waals surface area contributed by atoms with Crippen LogP contribution in [0.25, 0.3) is 0 Å². The van der Waals surface area contributed by atoms with Crippen LogP contribution >= 0.6 is 0 Å². The van der Waals surface area contributed by atoms with Crippen LogP contribution in [0.4, 0.5) is 11.4 Å². The van der Waals surface area contributed by atoms with Crippen molar-refractivity contribution in [2.45, 2.75) is 19.3 Å². The summed E-state index contributed by atoms with van der Waals surface area (Å²) in [6.07, 6.45) is 4.77. The van der Waals surface area contributed by atoms with E-state index in [-0.39, 0.29) is 11.5 Å². The number of ether oxygens (including phenoxy) is 1. The molecule has 0 aromatic heterocycles. The Morgan fingerprint density at radius 2 is 1.96 bits per heavy atom. The lowest BCUT2D eigenvalue weighted by atomic mass is 10.1. The Labute approximate surface area is 135 Å².